The molecule has 0 aliphatic heterocycles. The van der Waals surface area contributed by atoms with Crippen molar-refractivity contribution in [3.8, 4) is 17.0 Å². The van der Waals surface area contributed by atoms with Gasteiger partial charge in [-0.2, -0.15) is 0 Å². The molecule has 0 saturated carbocycles. The Labute approximate surface area is 162 Å². The van der Waals surface area contributed by atoms with E-state index in [2.05, 4.69) is 32.3 Å². The number of H-pyrrole nitrogens is 1. The largest absolute Gasteiger partial charge is 0.573 e. The van der Waals surface area contributed by atoms with E-state index in [1.165, 1.54) is 12.1 Å². The van der Waals surface area contributed by atoms with Gasteiger partial charge in [-0.25, -0.2) is 0 Å². The van der Waals surface area contributed by atoms with Crippen LogP contribution >= 0.6 is 22.6 Å². The lowest BCUT2D eigenvalue weighted by molar-refractivity contribution is -0.274. The Bertz CT molecular complexity index is 905. The number of rotatable bonds is 6. The first-order valence-electron chi connectivity index (χ1n) is 8.24. The Morgan fingerprint density at radius 1 is 1.08 bits per heavy atom. The molecule has 2 aromatic carbocycles. The van der Waals surface area contributed by atoms with Crippen LogP contribution in [0.15, 0.2) is 42.5 Å². The van der Waals surface area contributed by atoms with Gasteiger partial charge in [-0.1, -0.05) is 18.2 Å². The zero-order valence-electron chi connectivity index (χ0n) is 13.9. The summed E-state index contributed by atoms with van der Waals surface area (Å²) in [7, 11) is 0. The Morgan fingerprint density at radius 2 is 1.85 bits per heavy atom. The standard InChI is InChI=1S/C19H18F3IN2O/c20-19(21,22)26-12-8-9-17-15(11-12)13(5-3-4-10-24)18(25-17)14-6-1-2-7-16(14)23/h1-2,6-9,11,25H,3-5,10,24H2. The molecule has 7 heteroatoms. The van der Waals surface area contributed by atoms with Crippen molar-refractivity contribution in [1.82, 2.24) is 4.98 Å². The van der Waals surface area contributed by atoms with E-state index in [1.54, 1.807) is 6.07 Å². The molecule has 0 saturated heterocycles. The van der Waals surface area contributed by atoms with Gasteiger partial charge in [0.05, 0.1) is 5.69 Å². The summed E-state index contributed by atoms with van der Waals surface area (Å²) in [5, 5.41) is 0.749. The van der Waals surface area contributed by atoms with Gasteiger partial charge in [0.25, 0.3) is 0 Å². The number of halogens is 4. The third-order valence-corrected chi connectivity index (χ3v) is 5.08. The van der Waals surface area contributed by atoms with Crippen LogP contribution in [0.25, 0.3) is 22.2 Å². The fourth-order valence-electron chi connectivity index (χ4n) is 3.02. The quantitative estimate of drug-likeness (QED) is 0.360. The number of nitrogens with one attached hydrogen (secondary N) is 1. The summed E-state index contributed by atoms with van der Waals surface area (Å²) in [6.45, 7) is 0.586. The van der Waals surface area contributed by atoms with Gasteiger partial charge < -0.3 is 15.5 Å². The number of nitrogens with two attached hydrogens (primary N) is 1. The monoisotopic (exact) mass is 474 g/mol. The highest BCUT2D eigenvalue weighted by Crippen LogP contribution is 2.36. The minimum Gasteiger partial charge on any atom is -0.406 e. The minimum absolute atomic E-state index is 0.210. The fourth-order valence-corrected chi connectivity index (χ4v) is 3.68. The van der Waals surface area contributed by atoms with Crippen molar-refractivity contribution in [3.63, 3.8) is 0 Å². The second kappa shape index (κ2) is 7.87. The summed E-state index contributed by atoms with van der Waals surface area (Å²) in [6, 6.07) is 12.3. The molecule has 0 amide bonds. The molecule has 138 valence electrons. The summed E-state index contributed by atoms with van der Waals surface area (Å²) in [5.41, 5.74) is 9.34. The summed E-state index contributed by atoms with van der Waals surface area (Å²) in [6.07, 6.45) is -2.25. The van der Waals surface area contributed by atoms with E-state index in [0.29, 0.717) is 6.54 Å². The Kier molecular flexibility index (Phi) is 5.76. The van der Waals surface area contributed by atoms with E-state index >= 15 is 0 Å². The molecule has 0 aliphatic rings. The van der Waals surface area contributed by atoms with Gasteiger partial charge in [-0.15, -0.1) is 13.2 Å². The molecule has 3 rings (SSSR count). The molecule has 0 radical (unpaired) electrons. The number of hydrogen-bond donors (Lipinski definition) is 2. The molecule has 0 bridgehead atoms. The molecule has 0 atom stereocenters. The van der Waals surface area contributed by atoms with Crippen molar-refractivity contribution < 1.29 is 17.9 Å². The van der Waals surface area contributed by atoms with Crippen molar-refractivity contribution in [2.75, 3.05) is 6.54 Å². The fraction of sp³-hybridized carbons (Fsp3) is 0.263. The maximum absolute atomic E-state index is 12.6. The van der Waals surface area contributed by atoms with E-state index < -0.39 is 6.36 Å². The third kappa shape index (κ3) is 4.32. The molecule has 26 heavy (non-hydrogen) atoms. The number of aryl methyl sites for hydroxylation is 1. The van der Waals surface area contributed by atoms with Gasteiger partial charge in [0, 0.05) is 20.0 Å². The Hall–Kier alpha value is -1.74. The highest BCUT2D eigenvalue weighted by atomic mass is 127. The SMILES string of the molecule is NCCCCc1c(-c2ccccc2I)[nH]c2ccc(OC(F)(F)F)cc12. The number of fused-ring (bicyclic) bond motifs is 1. The van der Waals surface area contributed by atoms with Gasteiger partial charge in [-0.3, -0.25) is 0 Å². The normalized spacial score (nSPS) is 11.9. The lowest BCUT2D eigenvalue weighted by atomic mass is 10.00. The molecule has 3 N–H and O–H groups in total. The zero-order chi connectivity index (χ0) is 18.7. The predicted molar refractivity (Wildman–Crippen MR) is 105 cm³/mol. The third-order valence-electron chi connectivity index (χ3n) is 4.14. The van der Waals surface area contributed by atoms with Crippen LogP contribution in [0.3, 0.4) is 0 Å². The molecule has 0 fully saturated rings. The average molecular weight is 474 g/mol. The maximum Gasteiger partial charge on any atom is 0.573 e. The molecule has 1 heterocycles. The van der Waals surface area contributed by atoms with Crippen molar-refractivity contribution in [3.05, 3.63) is 51.6 Å². The second-order valence-electron chi connectivity index (χ2n) is 5.96. The Morgan fingerprint density at radius 3 is 2.54 bits per heavy atom. The van der Waals surface area contributed by atoms with Gasteiger partial charge in [0.15, 0.2) is 0 Å². The van der Waals surface area contributed by atoms with Gasteiger partial charge >= 0.3 is 6.36 Å². The number of unbranched alkanes of at least 4 members (excludes halogenated alkanes) is 1. The van der Waals surface area contributed by atoms with E-state index in [9.17, 15) is 13.2 Å². The number of alkyl halides is 3. The van der Waals surface area contributed by atoms with E-state index in [4.69, 9.17) is 5.73 Å². The van der Waals surface area contributed by atoms with Crippen LogP contribution in [0.4, 0.5) is 13.2 Å². The van der Waals surface area contributed by atoms with Crippen LogP contribution in [0.1, 0.15) is 18.4 Å². The summed E-state index contributed by atoms with van der Waals surface area (Å²) in [4.78, 5) is 3.37. The van der Waals surface area contributed by atoms with Crippen molar-refractivity contribution >= 4 is 33.5 Å². The van der Waals surface area contributed by atoms with Crippen molar-refractivity contribution in [2.24, 2.45) is 5.73 Å². The first kappa shape index (κ1) is 19.0. The minimum atomic E-state index is -4.71. The first-order chi connectivity index (χ1) is 12.4. The maximum atomic E-state index is 12.6. The molecular formula is C19H18F3IN2O. The molecule has 3 nitrogen and oxygen atoms in total. The highest BCUT2D eigenvalue weighted by molar-refractivity contribution is 14.1. The average Bonchev–Trinajstić information content (AvgIpc) is 2.92. The lowest BCUT2D eigenvalue weighted by Gasteiger charge is -2.09. The predicted octanol–water partition coefficient (Wildman–Crippen LogP) is 5.62. The molecule has 0 aliphatic carbocycles. The summed E-state index contributed by atoms with van der Waals surface area (Å²) in [5.74, 6) is -0.210. The van der Waals surface area contributed by atoms with E-state index in [1.807, 2.05) is 24.3 Å². The zero-order valence-corrected chi connectivity index (χ0v) is 16.0. The molecule has 0 unspecified atom stereocenters. The second-order valence-corrected chi connectivity index (χ2v) is 7.12. The van der Waals surface area contributed by atoms with Crippen LogP contribution in [-0.4, -0.2) is 17.9 Å². The van der Waals surface area contributed by atoms with Crippen LogP contribution in [-0.2, 0) is 6.42 Å². The number of hydrogen-bond acceptors (Lipinski definition) is 2. The summed E-state index contributed by atoms with van der Waals surface area (Å²) >= 11 is 2.26. The van der Waals surface area contributed by atoms with Gasteiger partial charge in [0.1, 0.15) is 5.75 Å². The number of aromatic amines is 1. The van der Waals surface area contributed by atoms with Gasteiger partial charge in [-0.05, 0) is 78.2 Å². The molecule has 0 spiro atoms. The van der Waals surface area contributed by atoms with E-state index in [0.717, 1.165) is 50.6 Å². The molecule has 1 aromatic heterocycles. The number of benzene rings is 2. The number of aromatic nitrogens is 1. The first-order valence-corrected chi connectivity index (χ1v) is 9.32. The molecule has 3 aromatic rings. The smallest absolute Gasteiger partial charge is 0.406 e. The van der Waals surface area contributed by atoms with Crippen molar-refractivity contribution in [1.29, 1.82) is 0 Å². The van der Waals surface area contributed by atoms with Crippen LogP contribution in [0, 0.1) is 3.57 Å². The Balaban J connectivity index is 2.11. The lowest BCUT2D eigenvalue weighted by Crippen LogP contribution is -2.16. The van der Waals surface area contributed by atoms with Crippen molar-refractivity contribution in [2.45, 2.75) is 25.6 Å². The van der Waals surface area contributed by atoms with E-state index in [-0.39, 0.29) is 5.75 Å². The van der Waals surface area contributed by atoms with Crippen LogP contribution in [0.5, 0.6) is 5.75 Å². The number of ether oxygens (including phenoxy) is 1. The molecular weight excluding hydrogens is 456 g/mol. The topological polar surface area (TPSA) is 51.0 Å². The van der Waals surface area contributed by atoms with Crippen LogP contribution < -0.4 is 10.5 Å². The summed E-state index contributed by atoms with van der Waals surface area (Å²) < 4.78 is 42.9. The van der Waals surface area contributed by atoms with Crippen LogP contribution in [0.2, 0.25) is 0 Å². The van der Waals surface area contributed by atoms with Gasteiger partial charge in [0.2, 0.25) is 0 Å². The highest BCUT2D eigenvalue weighted by Gasteiger charge is 2.31.